The number of amides is 1. The molecule has 0 saturated heterocycles. The van der Waals surface area contributed by atoms with Crippen LogP contribution in [0.4, 0.5) is 0 Å². The van der Waals surface area contributed by atoms with Crippen LogP contribution in [0.2, 0.25) is 0 Å². The van der Waals surface area contributed by atoms with Gasteiger partial charge in [-0.1, -0.05) is 19.8 Å². The van der Waals surface area contributed by atoms with Crippen LogP contribution in [0.25, 0.3) is 0 Å². The molecule has 0 saturated carbocycles. The van der Waals surface area contributed by atoms with E-state index in [1.54, 1.807) is 0 Å². The van der Waals surface area contributed by atoms with Crippen molar-refractivity contribution < 1.29 is 14.7 Å². The fourth-order valence-corrected chi connectivity index (χ4v) is 1.07. The van der Waals surface area contributed by atoms with Crippen molar-refractivity contribution >= 4 is 11.9 Å². The van der Waals surface area contributed by atoms with Crippen molar-refractivity contribution in [2.24, 2.45) is 11.7 Å². The molecular weight excluding hydrogens is 208 g/mol. The normalized spacial score (nSPS) is 11.9. The first kappa shape index (κ1) is 14.5. The van der Waals surface area contributed by atoms with Crippen LogP contribution in [0.1, 0.15) is 20.3 Å². The number of terminal acetylenes is 1. The number of nitrogens with zero attached hydrogens (tertiary/aromatic N) is 1. The molecular formula is C11H18N2O3. The Morgan fingerprint density at radius 2 is 2.06 bits per heavy atom. The Morgan fingerprint density at radius 1 is 1.50 bits per heavy atom. The summed E-state index contributed by atoms with van der Waals surface area (Å²) in [6.45, 7) is 3.42. The molecule has 0 aromatic rings. The number of carbonyl (C=O) groups excluding carboxylic acids is 1. The zero-order valence-electron chi connectivity index (χ0n) is 9.64. The van der Waals surface area contributed by atoms with Gasteiger partial charge in [0, 0.05) is 12.5 Å². The second-order valence-electron chi connectivity index (χ2n) is 3.96. The average Bonchev–Trinajstić information content (AvgIpc) is 2.16. The van der Waals surface area contributed by atoms with Crippen molar-refractivity contribution in [3.63, 3.8) is 0 Å². The second-order valence-corrected chi connectivity index (χ2v) is 3.96. The Balaban J connectivity index is 4.39. The highest BCUT2D eigenvalue weighted by atomic mass is 16.4. The van der Waals surface area contributed by atoms with E-state index in [1.807, 2.05) is 13.8 Å². The molecule has 0 fully saturated rings. The van der Waals surface area contributed by atoms with E-state index in [2.05, 4.69) is 5.92 Å². The molecule has 0 aromatic heterocycles. The first-order chi connectivity index (χ1) is 7.38. The second kappa shape index (κ2) is 6.85. The predicted octanol–water partition coefficient (Wildman–Crippen LogP) is -0.0938. The maximum absolute atomic E-state index is 11.7. The SMILES string of the molecule is C#CCN(CC(=O)O)C(=O)CC(N)C(C)C. The molecule has 0 aliphatic rings. The largest absolute Gasteiger partial charge is 0.480 e. The van der Waals surface area contributed by atoms with E-state index in [-0.39, 0.29) is 37.4 Å². The summed E-state index contributed by atoms with van der Waals surface area (Å²) in [6.07, 6.45) is 5.18. The lowest BCUT2D eigenvalue weighted by Gasteiger charge is -2.21. The molecule has 5 heteroatoms. The molecule has 0 bridgehead atoms. The van der Waals surface area contributed by atoms with E-state index in [0.29, 0.717) is 0 Å². The van der Waals surface area contributed by atoms with Crippen LogP contribution in [0.15, 0.2) is 0 Å². The van der Waals surface area contributed by atoms with Crippen LogP contribution >= 0.6 is 0 Å². The average molecular weight is 226 g/mol. The van der Waals surface area contributed by atoms with Crippen molar-refractivity contribution in [1.82, 2.24) is 4.90 Å². The molecule has 90 valence electrons. The van der Waals surface area contributed by atoms with Gasteiger partial charge in [-0.2, -0.15) is 0 Å². The van der Waals surface area contributed by atoms with Crippen molar-refractivity contribution in [3.8, 4) is 12.3 Å². The van der Waals surface area contributed by atoms with E-state index in [1.165, 1.54) is 0 Å². The minimum Gasteiger partial charge on any atom is -0.480 e. The minimum absolute atomic E-state index is 0.00402. The van der Waals surface area contributed by atoms with Gasteiger partial charge in [0.15, 0.2) is 0 Å². The van der Waals surface area contributed by atoms with Crippen molar-refractivity contribution in [2.75, 3.05) is 13.1 Å². The molecule has 0 aliphatic heterocycles. The predicted molar refractivity (Wildman–Crippen MR) is 60.5 cm³/mol. The molecule has 0 rings (SSSR count). The minimum atomic E-state index is -1.08. The Bertz CT molecular complexity index is 294. The topological polar surface area (TPSA) is 83.6 Å². The summed E-state index contributed by atoms with van der Waals surface area (Å²) < 4.78 is 0. The van der Waals surface area contributed by atoms with Crippen molar-refractivity contribution in [2.45, 2.75) is 26.3 Å². The smallest absolute Gasteiger partial charge is 0.323 e. The summed E-state index contributed by atoms with van der Waals surface area (Å²) in [7, 11) is 0. The third kappa shape index (κ3) is 5.37. The highest BCUT2D eigenvalue weighted by molar-refractivity contribution is 5.82. The molecule has 0 aliphatic carbocycles. The van der Waals surface area contributed by atoms with Gasteiger partial charge in [-0.3, -0.25) is 9.59 Å². The fourth-order valence-electron chi connectivity index (χ4n) is 1.07. The number of nitrogens with two attached hydrogens (primary N) is 1. The van der Waals surface area contributed by atoms with Gasteiger partial charge in [0.1, 0.15) is 6.54 Å². The summed E-state index contributed by atoms with van der Waals surface area (Å²) in [5.41, 5.74) is 5.74. The summed E-state index contributed by atoms with van der Waals surface area (Å²) in [4.78, 5) is 23.3. The summed E-state index contributed by atoms with van der Waals surface area (Å²) in [5, 5.41) is 8.61. The number of carboxylic acid groups (broad SMARTS) is 1. The molecule has 16 heavy (non-hydrogen) atoms. The van der Waals surface area contributed by atoms with Crippen LogP contribution < -0.4 is 5.73 Å². The fraction of sp³-hybridized carbons (Fsp3) is 0.636. The van der Waals surface area contributed by atoms with Gasteiger partial charge in [-0.15, -0.1) is 6.42 Å². The zero-order valence-corrected chi connectivity index (χ0v) is 9.64. The van der Waals surface area contributed by atoms with Gasteiger partial charge < -0.3 is 15.7 Å². The Labute approximate surface area is 95.6 Å². The molecule has 1 atom stereocenters. The van der Waals surface area contributed by atoms with E-state index < -0.39 is 5.97 Å². The zero-order chi connectivity index (χ0) is 12.7. The number of hydrogen-bond donors (Lipinski definition) is 2. The van der Waals surface area contributed by atoms with Crippen LogP contribution in [0.5, 0.6) is 0 Å². The van der Waals surface area contributed by atoms with E-state index in [4.69, 9.17) is 17.3 Å². The maximum atomic E-state index is 11.7. The molecule has 0 heterocycles. The molecule has 0 aromatic carbocycles. The lowest BCUT2D eigenvalue weighted by atomic mass is 10.0. The van der Waals surface area contributed by atoms with Crippen LogP contribution in [0, 0.1) is 18.3 Å². The third-order valence-corrected chi connectivity index (χ3v) is 2.23. The van der Waals surface area contributed by atoms with Crippen molar-refractivity contribution in [1.29, 1.82) is 0 Å². The van der Waals surface area contributed by atoms with Crippen LogP contribution in [0.3, 0.4) is 0 Å². The van der Waals surface area contributed by atoms with Crippen molar-refractivity contribution in [3.05, 3.63) is 0 Å². The quantitative estimate of drug-likeness (QED) is 0.620. The Morgan fingerprint density at radius 3 is 2.44 bits per heavy atom. The molecule has 1 amide bonds. The van der Waals surface area contributed by atoms with Gasteiger partial charge >= 0.3 is 5.97 Å². The monoisotopic (exact) mass is 226 g/mol. The summed E-state index contributed by atoms with van der Waals surface area (Å²) >= 11 is 0. The van der Waals surface area contributed by atoms with Gasteiger partial charge in [0.25, 0.3) is 0 Å². The Hall–Kier alpha value is -1.54. The van der Waals surface area contributed by atoms with Crippen LogP contribution in [-0.2, 0) is 9.59 Å². The van der Waals surface area contributed by atoms with Crippen LogP contribution in [-0.4, -0.2) is 41.0 Å². The first-order valence-electron chi connectivity index (χ1n) is 5.07. The lowest BCUT2D eigenvalue weighted by Crippen LogP contribution is -2.40. The van der Waals surface area contributed by atoms with E-state index in [0.717, 1.165) is 4.90 Å². The molecule has 0 spiro atoms. The number of carbonyl (C=O) groups is 2. The standard InChI is InChI=1S/C11H18N2O3/c1-4-5-13(7-11(15)16)10(14)6-9(12)8(2)3/h1,8-9H,5-7,12H2,2-3H3,(H,15,16). The Kier molecular flexibility index (Phi) is 6.19. The summed E-state index contributed by atoms with van der Waals surface area (Å²) in [5.74, 6) is 1.03. The van der Waals surface area contributed by atoms with Gasteiger partial charge in [-0.25, -0.2) is 0 Å². The molecule has 1 unspecified atom stereocenters. The molecule has 3 N–H and O–H groups in total. The maximum Gasteiger partial charge on any atom is 0.323 e. The number of rotatable bonds is 6. The highest BCUT2D eigenvalue weighted by Crippen LogP contribution is 2.05. The number of carboxylic acids is 1. The first-order valence-corrected chi connectivity index (χ1v) is 5.07. The van der Waals surface area contributed by atoms with Gasteiger partial charge in [-0.05, 0) is 5.92 Å². The summed E-state index contributed by atoms with van der Waals surface area (Å²) in [6, 6.07) is -0.276. The number of aliphatic carboxylic acids is 1. The highest BCUT2D eigenvalue weighted by Gasteiger charge is 2.19. The van der Waals surface area contributed by atoms with E-state index in [9.17, 15) is 9.59 Å². The van der Waals surface area contributed by atoms with E-state index >= 15 is 0 Å². The molecule has 5 nitrogen and oxygen atoms in total. The van der Waals surface area contributed by atoms with Gasteiger partial charge in [0.05, 0.1) is 6.54 Å². The third-order valence-electron chi connectivity index (χ3n) is 2.23. The number of hydrogen-bond acceptors (Lipinski definition) is 3. The lowest BCUT2D eigenvalue weighted by molar-refractivity contribution is -0.144. The molecule has 0 radical (unpaired) electrons. The van der Waals surface area contributed by atoms with Gasteiger partial charge in [0.2, 0.25) is 5.91 Å².